The highest BCUT2D eigenvalue weighted by molar-refractivity contribution is 5.89. The quantitative estimate of drug-likeness (QED) is 0.536. The number of ether oxygens (including phenoxy) is 1. The number of hydrogen-bond donors (Lipinski definition) is 2. The smallest absolute Gasteiger partial charge is 0.338 e. The number of phenolic OH excluding ortho intramolecular Hbond substituents is 1. The summed E-state index contributed by atoms with van der Waals surface area (Å²) in [6.45, 7) is 5.95. The predicted octanol–water partition coefficient (Wildman–Crippen LogP) is 4.55. The molecule has 2 heterocycles. The van der Waals surface area contributed by atoms with E-state index >= 15 is 0 Å². The highest BCUT2D eigenvalue weighted by Gasteiger charge is 2.26. The third-order valence-corrected chi connectivity index (χ3v) is 6.22. The minimum Gasteiger partial charge on any atom is -0.507 e. The molecule has 1 aromatic heterocycles. The molecular formula is C26H30N4O3. The molecule has 172 valence electrons. The van der Waals surface area contributed by atoms with E-state index in [0.717, 1.165) is 38.0 Å². The summed E-state index contributed by atoms with van der Waals surface area (Å²) in [5.41, 5.74) is 11.3. The fourth-order valence-electron chi connectivity index (χ4n) is 4.57. The molecule has 1 fully saturated rings. The number of nitrogens with two attached hydrogens (primary N) is 1. The summed E-state index contributed by atoms with van der Waals surface area (Å²) in [6.07, 6.45) is 2.92. The number of para-hydroxylation sites is 1. The third-order valence-electron chi connectivity index (χ3n) is 6.22. The Morgan fingerprint density at radius 2 is 2.00 bits per heavy atom. The van der Waals surface area contributed by atoms with Gasteiger partial charge in [-0.3, -0.25) is 0 Å². The Balaban J connectivity index is 1.61. The summed E-state index contributed by atoms with van der Waals surface area (Å²) < 4.78 is 5.17. The number of aromatic nitrogens is 2. The number of carbonyl (C=O) groups excluding carboxylic acids is 1. The number of benzene rings is 2. The summed E-state index contributed by atoms with van der Waals surface area (Å²) in [5, 5.41) is 18.6. The molecule has 7 heteroatoms. The van der Waals surface area contributed by atoms with Gasteiger partial charge in [-0.25, -0.2) is 4.79 Å². The summed E-state index contributed by atoms with van der Waals surface area (Å²) >= 11 is 0. The number of anilines is 2. The van der Waals surface area contributed by atoms with E-state index < -0.39 is 0 Å². The summed E-state index contributed by atoms with van der Waals surface area (Å²) in [5.74, 6) is 0.568. The lowest BCUT2D eigenvalue weighted by Crippen LogP contribution is -2.35. The fraction of sp³-hybridized carbons (Fsp3) is 0.346. The van der Waals surface area contributed by atoms with Crippen molar-refractivity contribution in [3.63, 3.8) is 0 Å². The molecule has 0 bridgehead atoms. The van der Waals surface area contributed by atoms with Gasteiger partial charge in [0.25, 0.3) is 0 Å². The lowest BCUT2D eigenvalue weighted by molar-refractivity contribution is 0.0526. The molecule has 0 spiro atoms. The van der Waals surface area contributed by atoms with Gasteiger partial charge in [-0.1, -0.05) is 25.1 Å². The zero-order valence-electron chi connectivity index (χ0n) is 19.1. The second-order valence-electron chi connectivity index (χ2n) is 8.29. The van der Waals surface area contributed by atoms with Crippen molar-refractivity contribution in [3.8, 4) is 17.0 Å². The standard InChI is InChI=1S/C26H30N4O3/c1-3-17-14-18(26(32)33-4-2)11-12-20(17)19-8-7-13-30(16-19)23-15-22(28-29-25(23)27)21-9-5-6-10-24(21)31/h5-6,9-12,14-15,19,31H,3-4,7-8,13,16H2,1-2H3,(H2,27,29)/t19-/m0/s1. The van der Waals surface area contributed by atoms with Crippen molar-refractivity contribution < 1.29 is 14.6 Å². The van der Waals surface area contributed by atoms with Gasteiger partial charge in [0.15, 0.2) is 5.82 Å². The molecule has 0 radical (unpaired) electrons. The van der Waals surface area contributed by atoms with Crippen molar-refractivity contribution >= 4 is 17.5 Å². The second-order valence-corrected chi connectivity index (χ2v) is 8.29. The van der Waals surface area contributed by atoms with Crippen LogP contribution in [0.25, 0.3) is 11.3 Å². The van der Waals surface area contributed by atoms with Gasteiger partial charge in [-0.2, -0.15) is 0 Å². The molecular weight excluding hydrogens is 416 g/mol. The van der Waals surface area contributed by atoms with Gasteiger partial charge in [0.05, 0.1) is 23.6 Å². The predicted molar refractivity (Wildman–Crippen MR) is 130 cm³/mol. The number of nitrogen functional groups attached to an aromatic ring is 1. The molecule has 33 heavy (non-hydrogen) atoms. The first kappa shape index (κ1) is 22.6. The van der Waals surface area contributed by atoms with Crippen molar-refractivity contribution in [1.82, 2.24) is 10.2 Å². The summed E-state index contributed by atoms with van der Waals surface area (Å²) in [4.78, 5) is 14.4. The molecule has 4 rings (SSSR count). The number of phenols is 1. The van der Waals surface area contributed by atoms with Gasteiger partial charge < -0.3 is 20.5 Å². The average Bonchev–Trinajstić information content (AvgIpc) is 2.84. The van der Waals surface area contributed by atoms with Crippen LogP contribution in [-0.4, -0.2) is 41.0 Å². The monoisotopic (exact) mass is 446 g/mol. The maximum atomic E-state index is 12.2. The van der Waals surface area contributed by atoms with E-state index in [4.69, 9.17) is 10.5 Å². The van der Waals surface area contributed by atoms with Crippen molar-refractivity contribution in [1.29, 1.82) is 0 Å². The number of hydrogen-bond acceptors (Lipinski definition) is 7. The number of esters is 1. The Morgan fingerprint density at radius 1 is 1.18 bits per heavy atom. The molecule has 1 aliphatic heterocycles. The highest BCUT2D eigenvalue weighted by Crippen LogP contribution is 2.36. The van der Waals surface area contributed by atoms with Crippen LogP contribution >= 0.6 is 0 Å². The molecule has 3 N–H and O–H groups in total. The topological polar surface area (TPSA) is 102 Å². The molecule has 0 aliphatic carbocycles. The third kappa shape index (κ3) is 4.77. The van der Waals surface area contributed by atoms with E-state index in [0.29, 0.717) is 35.2 Å². The maximum absolute atomic E-state index is 12.2. The fourth-order valence-corrected chi connectivity index (χ4v) is 4.57. The SMILES string of the molecule is CCOC(=O)c1ccc([C@H]2CCCN(c3cc(-c4ccccc4O)nnc3N)C2)c(CC)c1. The molecule has 2 aromatic carbocycles. The van der Waals surface area contributed by atoms with E-state index in [1.54, 1.807) is 12.1 Å². The average molecular weight is 447 g/mol. The zero-order chi connectivity index (χ0) is 23.4. The molecule has 0 saturated carbocycles. The molecule has 0 amide bonds. The normalized spacial score (nSPS) is 15.9. The molecule has 7 nitrogen and oxygen atoms in total. The van der Waals surface area contributed by atoms with E-state index in [1.165, 1.54) is 11.1 Å². The van der Waals surface area contributed by atoms with Crippen LogP contribution in [0.1, 0.15) is 54.1 Å². The van der Waals surface area contributed by atoms with Crippen LogP contribution in [0.5, 0.6) is 5.75 Å². The Morgan fingerprint density at radius 3 is 2.76 bits per heavy atom. The molecule has 1 aliphatic rings. The highest BCUT2D eigenvalue weighted by atomic mass is 16.5. The Bertz CT molecular complexity index is 1150. The summed E-state index contributed by atoms with van der Waals surface area (Å²) in [6, 6.07) is 14.9. The first-order valence-corrected chi connectivity index (χ1v) is 11.5. The first-order chi connectivity index (χ1) is 16.0. The van der Waals surface area contributed by atoms with Gasteiger partial charge in [0.2, 0.25) is 0 Å². The largest absolute Gasteiger partial charge is 0.507 e. The van der Waals surface area contributed by atoms with Crippen molar-refractivity contribution in [2.24, 2.45) is 0 Å². The number of nitrogens with zero attached hydrogens (tertiary/aromatic N) is 3. The van der Waals surface area contributed by atoms with Crippen LogP contribution in [0, 0.1) is 0 Å². The van der Waals surface area contributed by atoms with Gasteiger partial charge in [-0.05, 0) is 67.6 Å². The first-order valence-electron chi connectivity index (χ1n) is 11.5. The Hall–Kier alpha value is -3.61. The lowest BCUT2D eigenvalue weighted by Gasteiger charge is -2.35. The number of piperidine rings is 1. The second kappa shape index (κ2) is 9.90. The number of aromatic hydroxyl groups is 1. The van der Waals surface area contributed by atoms with Crippen LogP contribution in [0.3, 0.4) is 0 Å². The van der Waals surface area contributed by atoms with E-state index in [9.17, 15) is 9.90 Å². The molecule has 1 saturated heterocycles. The van der Waals surface area contributed by atoms with Crippen LogP contribution in [0.4, 0.5) is 11.5 Å². The lowest BCUT2D eigenvalue weighted by atomic mass is 9.86. The molecule has 3 aromatic rings. The van der Waals surface area contributed by atoms with Crippen LogP contribution < -0.4 is 10.6 Å². The number of rotatable bonds is 6. The zero-order valence-corrected chi connectivity index (χ0v) is 19.1. The van der Waals surface area contributed by atoms with Gasteiger partial charge in [0.1, 0.15) is 5.75 Å². The van der Waals surface area contributed by atoms with Crippen molar-refractivity contribution in [2.45, 2.75) is 39.0 Å². The minimum atomic E-state index is -0.281. The maximum Gasteiger partial charge on any atom is 0.338 e. The van der Waals surface area contributed by atoms with Crippen LogP contribution in [0.15, 0.2) is 48.5 Å². The van der Waals surface area contributed by atoms with Crippen molar-refractivity contribution in [3.05, 3.63) is 65.2 Å². The van der Waals surface area contributed by atoms with E-state index in [2.05, 4.69) is 28.1 Å². The molecule has 1 atom stereocenters. The Kier molecular flexibility index (Phi) is 6.77. The van der Waals surface area contributed by atoms with Crippen LogP contribution in [-0.2, 0) is 11.2 Å². The van der Waals surface area contributed by atoms with Gasteiger partial charge in [-0.15, -0.1) is 10.2 Å². The van der Waals surface area contributed by atoms with E-state index in [-0.39, 0.29) is 11.7 Å². The van der Waals surface area contributed by atoms with Crippen molar-refractivity contribution in [2.75, 3.05) is 30.3 Å². The van der Waals surface area contributed by atoms with Crippen LogP contribution in [0.2, 0.25) is 0 Å². The summed E-state index contributed by atoms with van der Waals surface area (Å²) in [7, 11) is 0. The number of carbonyl (C=O) groups is 1. The van der Waals surface area contributed by atoms with E-state index in [1.807, 2.05) is 37.3 Å². The molecule has 0 unspecified atom stereocenters. The number of aryl methyl sites for hydroxylation is 1. The van der Waals surface area contributed by atoms with Gasteiger partial charge >= 0.3 is 5.97 Å². The Labute approximate surface area is 194 Å². The van der Waals surface area contributed by atoms with Gasteiger partial charge in [0, 0.05) is 24.6 Å². The minimum absolute atomic E-state index is 0.160.